The molecule has 3 aliphatic rings. The van der Waals surface area contributed by atoms with Gasteiger partial charge in [0.2, 0.25) is 0 Å². The van der Waals surface area contributed by atoms with E-state index in [1.165, 1.54) is 44.2 Å². The monoisotopic (exact) mass is 525 g/mol. The standard InChI is InChI=1S/C24H39N5.HI/c1-19(27(3)22-11-12-22)16-26-24(25-2)29-15-13-23-21(18-29)10-7-14-28(23)17-20-8-5-4-6-9-20;/h4-6,8-9,19,21-23H,7,10-18H2,1-3H3,(H,25,26);1H. The number of guanidine groups is 1. The van der Waals surface area contributed by atoms with Gasteiger partial charge >= 0.3 is 0 Å². The Bertz CT molecular complexity index is 677. The van der Waals surface area contributed by atoms with Gasteiger partial charge in [-0.05, 0) is 64.1 Å². The molecule has 1 aromatic carbocycles. The molecule has 3 atom stereocenters. The molecule has 2 heterocycles. The van der Waals surface area contributed by atoms with Gasteiger partial charge in [0.25, 0.3) is 0 Å². The van der Waals surface area contributed by atoms with Crippen LogP contribution >= 0.6 is 24.0 Å². The quantitative estimate of drug-likeness (QED) is 0.350. The minimum atomic E-state index is 0. The highest BCUT2D eigenvalue weighted by Crippen LogP contribution is 2.32. The van der Waals surface area contributed by atoms with Crippen LogP contribution in [0, 0.1) is 5.92 Å². The first-order chi connectivity index (χ1) is 14.2. The van der Waals surface area contributed by atoms with Crippen LogP contribution in [-0.2, 0) is 6.54 Å². The van der Waals surface area contributed by atoms with Gasteiger partial charge in [-0.1, -0.05) is 30.3 Å². The van der Waals surface area contributed by atoms with Crippen LogP contribution in [0.5, 0.6) is 0 Å². The largest absolute Gasteiger partial charge is 0.355 e. The molecule has 0 spiro atoms. The zero-order valence-electron chi connectivity index (χ0n) is 19.0. The smallest absolute Gasteiger partial charge is 0.193 e. The SMILES string of the molecule is CN=C(NCC(C)N(C)C1CC1)N1CCC2C(CCCN2Cc2ccccc2)C1.I. The van der Waals surface area contributed by atoms with Crippen molar-refractivity contribution in [2.75, 3.05) is 40.3 Å². The molecule has 1 aliphatic carbocycles. The number of likely N-dealkylation sites (N-methyl/N-ethyl adjacent to an activating group) is 1. The van der Waals surface area contributed by atoms with Crippen molar-refractivity contribution in [1.82, 2.24) is 20.0 Å². The molecule has 2 aliphatic heterocycles. The average Bonchev–Trinajstić information content (AvgIpc) is 3.60. The van der Waals surface area contributed by atoms with Crippen LogP contribution in [0.15, 0.2) is 35.3 Å². The summed E-state index contributed by atoms with van der Waals surface area (Å²) in [5, 5.41) is 3.67. The molecule has 1 saturated carbocycles. The van der Waals surface area contributed by atoms with Crippen LogP contribution in [0.25, 0.3) is 0 Å². The fraction of sp³-hybridized carbons (Fsp3) is 0.708. The number of halogens is 1. The number of benzene rings is 1. The summed E-state index contributed by atoms with van der Waals surface area (Å²) in [6, 6.07) is 13.1. The molecule has 3 fully saturated rings. The van der Waals surface area contributed by atoms with E-state index >= 15 is 0 Å². The molecule has 30 heavy (non-hydrogen) atoms. The van der Waals surface area contributed by atoms with E-state index in [1.807, 2.05) is 7.05 Å². The van der Waals surface area contributed by atoms with Crippen LogP contribution in [-0.4, -0.2) is 79.1 Å². The predicted octanol–water partition coefficient (Wildman–Crippen LogP) is 3.65. The number of hydrogen-bond donors (Lipinski definition) is 1. The summed E-state index contributed by atoms with van der Waals surface area (Å²) in [6.45, 7) is 7.90. The number of rotatable bonds is 6. The van der Waals surface area contributed by atoms with Crippen molar-refractivity contribution < 1.29 is 0 Å². The molecule has 0 amide bonds. The summed E-state index contributed by atoms with van der Waals surface area (Å²) in [4.78, 5) is 12.4. The Kier molecular flexibility index (Phi) is 8.83. The van der Waals surface area contributed by atoms with Crippen LogP contribution in [0.1, 0.15) is 44.6 Å². The van der Waals surface area contributed by atoms with Crippen LogP contribution in [0.3, 0.4) is 0 Å². The Labute approximate surface area is 200 Å². The Balaban J connectivity index is 0.00000256. The number of hydrogen-bond acceptors (Lipinski definition) is 3. The third-order valence-corrected chi connectivity index (χ3v) is 7.30. The van der Waals surface area contributed by atoms with E-state index in [2.05, 4.69) is 69.3 Å². The molecule has 1 aromatic rings. The second kappa shape index (κ2) is 11.1. The van der Waals surface area contributed by atoms with Crippen LogP contribution in [0.4, 0.5) is 0 Å². The second-order valence-electron chi connectivity index (χ2n) is 9.33. The summed E-state index contributed by atoms with van der Waals surface area (Å²) in [7, 11) is 4.20. The Morgan fingerprint density at radius 1 is 1.17 bits per heavy atom. The van der Waals surface area contributed by atoms with Gasteiger partial charge in [-0.15, -0.1) is 24.0 Å². The summed E-state index contributed by atoms with van der Waals surface area (Å²) in [5.74, 6) is 1.85. The van der Waals surface area contributed by atoms with Gasteiger partial charge in [-0.2, -0.15) is 0 Å². The predicted molar refractivity (Wildman–Crippen MR) is 137 cm³/mol. The van der Waals surface area contributed by atoms with Gasteiger partial charge in [0.05, 0.1) is 0 Å². The Morgan fingerprint density at radius 2 is 1.93 bits per heavy atom. The Morgan fingerprint density at radius 3 is 2.63 bits per heavy atom. The molecule has 4 rings (SSSR count). The summed E-state index contributed by atoms with van der Waals surface area (Å²) < 4.78 is 0. The van der Waals surface area contributed by atoms with E-state index in [0.29, 0.717) is 6.04 Å². The van der Waals surface area contributed by atoms with Crippen molar-refractivity contribution in [3.05, 3.63) is 35.9 Å². The van der Waals surface area contributed by atoms with Gasteiger partial charge in [0, 0.05) is 51.4 Å². The molecule has 0 bridgehead atoms. The molecule has 6 heteroatoms. The normalized spacial score (nSPS) is 26.1. The Hall–Kier alpha value is -0.860. The number of piperidine rings is 2. The molecule has 3 unspecified atom stereocenters. The maximum Gasteiger partial charge on any atom is 0.193 e. The molecular weight excluding hydrogens is 485 g/mol. The van der Waals surface area contributed by atoms with Crippen molar-refractivity contribution in [1.29, 1.82) is 0 Å². The summed E-state index contributed by atoms with van der Waals surface area (Å²) in [5.41, 5.74) is 1.45. The summed E-state index contributed by atoms with van der Waals surface area (Å²) >= 11 is 0. The van der Waals surface area contributed by atoms with Crippen LogP contribution in [0.2, 0.25) is 0 Å². The van der Waals surface area contributed by atoms with Crippen LogP contribution < -0.4 is 5.32 Å². The number of nitrogens with one attached hydrogen (secondary N) is 1. The van der Waals surface area contributed by atoms with Crippen molar-refractivity contribution in [2.24, 2.45) is 10.9 Å². The van der Waals surface area contributed by atoms with E-state index in [-0.39, 0.29) is 24.0 Å². The molecule has 168 valence electrons. The van der Waals surface area contributed by atoms with Gasteiger partial charge in [0.1, 0.15) is 0 Å². The lowest BCUT2D eigenvalue weighted by Gasteiger charge is -2.48. The van der Waals surface area contributed by atoms with E-state index < -0.39 is 0 Å². The average molecular weight is 526 g/mol. The van der Waals surface area contributed by atoms with Gasteiger partial charge in [-0.25, -0.2) is 0 Å². The van der Waals surface area contributed by atoms with Crippen molar-refractivity contribution >= 4 is 29.9 Å². The van der Waals surface area contributed by atoms with Crippen molar-refractivity contribution in [2.45, 2.75) is 63.7 Å². The van der Waals surface area contributed by atoms with Gasteiger partial charge < -0.3 is 10.2 Å². The third kappa shape index (κ3) is 5.88. The van der Waals surface area contributed by atoms with Crippen molar-refractivity contribution in [3.8, 4) is 0 Å². The zero-order valence-corrected chi connectivity index (χ0v) is 21.3. The first kappa shape index (κ1) is 23.8. The van der Waals surface area contributed by atoms with E-state index in [9.17, 15) is 0 Å². The fourth-order valence-corrected chi connectivity index (χ4v) is 5.27. The number of fused-ring (bicyclic) bond motifs is 1. The topological polar surface area (TPSA) is 34.1 Å². The maximum atomic E-state index is 4.63. The zero-order chi connectivity index (χ0) is 20.2. The molecular formula is C24H40IN5. The molecule has 0 aromatic heterocycles. The van der Waals surface area contributed by atoms with E-state index in [0.717, 1.165) is 50.1 Å². The molecule has 5 nitrogen and oxygen atoms in total. The minimum Gasteiger partial charge on any atom is -0.355 e. The first-order valence-corrected chi connectivity index (χ1v) is 11.6. The minimum absolute atomic E-state index is 0. The van der Waals surface area contributed by atoms with Gasteiger partial charge in [0.15, 0.2) is 5.96 Å². The van der Waals surface area contributed by atoms with E-state index in [4.69, 9.17) is 0 Å². The molecule has 2 saturated heterocycles. The number of nitrogens with zero attached hydrogens (tertiary/aromatic N) is 4. The number of likely N-dealkylation sites (tertiary alicyclic amines) is 2. The van der Waals surface area contributed by atoms with Crippen molar-refractivity contribution in [3.63, 3.8) is 0 Å². The highest BCUT2D eigenvalue weighted by molar-refractivity contribution is 14.0. The molecule has 1 N–H and O–H groups in total. The number of aliphatic imine (C=N–C) groups is 1. The second-order valence-corrected chi connectivity index (χ2v) is 9.33. The lowest BCUT2D eigenvalue weighted by molar-refractivity contribution is 0.0371. The highest BCUT2D eigenvalue weighted by atomic mass is 127. The molecule has 0 radical (unpaired) electrons. The lowest BCUT2D eigenvalue weighted by atomic mass is 9.83. The highest BCUT2D eigenvalue weighted by Gasteiger charge is 2.37. The maximum absolute atomic E-state index is 4.63. The third-order valence-electron chi connectivity index (χ3n) is 7.30. The first-order valence-electron chi connectivity index (χ1n) is 11.6. The van der Waals surface area contributed by atoms with Gasteiger partial charge in [-0.3, -0.25) is 14.8 Å². The fourth-order valence-electron chi connectivity index (χ4n) is 5.27. The van der Waals surface area contributed by atoms with E-state index in [1.54, 1.807) is 0 Å². The summed E-state index contributed by atoms with van der Waals surface area (Å²) in [6.07, 6.45) is 6.64. The lowest BCUT2D eigenvalue weighted by Crippen LogP contribution is -2.57.